The standard InChI is InChI=1S/C19H35NO/c1-5-6-7-8-9-10-11-12-16(2)17(3)15-20(4)19(21)18-13-14-18/h9-10,16-18H,5-8,11-15H2,1-4H3/b10-9-. The zero-order valence-corrected chi connectivity index (χ0v) is 14.6. The minimum absolute atomic E-state index is 0.351. The maximum absolute atomic E-state index is 12.0. The lowest BCUT2D eigenvalue weighted by molar-refractivity contribution is -0.131. The Morgan fingerprint density at radius 2 is 1.81 bits per heavy atom. The summed E-state index contributed by atoms with van der Waals surface area (Å²) in [5, 5.41) is 0. The predicted molar refractivity (Wildman–Crippen MR) is 91.2 cm³/mol. The first-order chi connectivity index (χ1) is 10.1. The fraction of sp³-hybridized carbons (Fsp3) is 0.842. The third kappa shape index (κ3) is 7.68. The molecule has 0 aliphatic heterocycles. The maximum atomic E-state index is 12.0. The van der Waals surface area contributed by atoms with Gasteiger partial charge in [-0.2, -0.15) is 0 Å². The molecule has 1 amide bonds. The second-order valence-electron chi connectivity index (χ2n) is 6.99. The topological polar surface area (TPSA) is 20.3 Å². The van der Waals surface area contributed by atoms with Gasteiger partial charge < -0.3 is 4.90 Å². The third-order valence-electron chi connectivity index (χ3n) is 4.77. The molecule has 2 atom stereocenters. The molecule has 1 rings (SSSR count). The number of allylic oxidation sites excluding steroid dienone is 2. The number of nitrogens with zero attached hydrogens (tertiary/aromatic N) is 1. The summed E-state index contributed by atoms with van der Waals surface area (Å²) in [6.07, 6.45) is 14.5. The van der Waals surface area contributed by atoms with Crippen LogP contribution in [-0.4, -0.2) is 24.4 Å². The molecule has 1 saturated carbocycles. The highest BCUT2D eigenvalue weighted by Crippen LogP contribution is 2.31. The highest BCUT2D eigenvalue weighted by molar-refractivity contribution is 5.80. The van der Waals surface area contributed by atoms with Crippen LogP contribution in [0.2, 0.25) is 0 Å². The SMILES string of the molecule is CCCCC/C=C\CCC(C)C(C)CN(C)C(=O)C1CC1. The zero-order valence-electron chi connectivity index (χ0n) is 14.6. The van der Waals surface area contributed by atoms with Crippen LogP contribution in [-0.2, 0) is 4.79 Å². The van der Waals surface area contributed by atoms with Crippen LogP contribution in [0.1, 0.15) is 72.1 Å². The Balaban J connectivity index is 2.12. The van der Waals surface area contributed by atoms with E-state index in [1.54, 1.807) is 0 Å². The molecule has 2 heteroatoms. The van der Waals surface area contributed by atoms with Crippen LogP contribution in [0.25, 0.3) is 0 Å². The first-order valence-electron chi connectivity index (χ1n) is 8.96. The van der Waals surface area contributed by atoms with Crippen molar-refractivity contribution in [3.8, 4) is 0 Å². The van der Waals surface area contributed by atoms with Crippen molar-refractivity contribution in [2.75, 3.05) is 13.6 Å². The molecular formula is C19H35NO. The molecule has 0 radical (unpaired) electrons. The van der Waals surface area contributed by atoms with E-state index < -0.39 is 0 Å². The minimum Gasteiger partial charge on any atom is -0.345 e. The van der Waals surface area contributed by atoms with Crippen molar-refractivity contribution in [3.63, 3.8) is 0 Å². The van der Waals surface area contributed by atoms with Gasteiger partial charge in [-0.25, -0.2) is 0 Å². The quantitative estimate of drug-likeness (QED) is 0.386. The zero-order chi connectivity index (χ0) is 15.7. The van der Waals surface area contributed by atoms with Crippen molar-refractivity contribution < 1.29 is 4.79 Å². The molecule has 2 nitrogen and oxygen atoms in total. The van der Waals surface area contributed by atoms with E-state index in [0.717, 1.165) is 19.4 Å². The van der Waals surface area contributed by atoms with Crippen LogP contribution in [0.5, 0.6) is 0 Å². The summed E-state index contributed by atoms with van der Waals surface area (Å²) >= 11 is 0. The van der Waals surface area contributed by atoms with Gasteiger partial charge in [-0.05, 0) is 50.4 Å². The molecule has 122 valence electrons. The number of amides is 1. The van der Waals surface area contributed by atoms with Gasteiger partial charge in [0.2, 0.25) is 5.91 Å². The molecular weight excluding hydrogens is 258 g/mol. The summed E-state index contributed by atoms with van der Waals surface area (Å²) in [6, 6.07) is 0. The summed E-state index contributed by atoms with van der Waals surface area (Å²) in [4.78, 5) is 13.9. The number of carbonyl (C=O) groups is 1. The van der Waals surface area contributed by atoms with E-state index in [-0.39, 0.29) is 0 Å². The second-order valence-corrected chi connectivity index (χ2v) is 6.99. The smallest absolute Gasteiger partial charge is 0.225 e. The Labute approximate surface area is 132 Å². The Kier molecular flexibility index (Phi) is 8.72. The molecule has 21 heavy (non-hydrogen) atoms. The van der Waals surface area contributed by atoms with Gasteiger partial charge in [-0.15, -0.1) is 0 Å². The van der Waals surface area contributed by atoms with Crippen LogP contribution in [0, 0.1) is 17.8 Å². The van der Waals surface area contributed by atoms with Crippen LogP contribution >= 0.6 is 0 Å². The van der Waals surface area contributed by atoms with Gasteiger partial charge in [-0.3, -0.25) is 4.79 Å². The molecule has 0 saturated heterocycles. The lowest BCUT2D eigenvalue weighted by Crippen LogP contribution is -2.34. The number of carbonyl (C=O) groups excluding carboxylic acids is 1. The Bertz CT molecular complexity index is 320. The predicted octanol–water partition coefficient (Wildman–Crippen LogP) is 5.04. The van der Waals surface area contributed by atoms with Crippen LogP contribution < -0.4 is 0 Å². The average Bonchev–Trinajstić information content (AvgIpc) is 3.29. The van der Waals surface area contributed by atoms with Crippen molar-refractivity contribution in [1.82, 2.24) is 4.90 Å². The largest absolute Gasteiger partial charge is 0.345 e. The number of hydrogen-bond acceptors (Lipinski definition) is 1. The van der Waals surface area contributed by atoms with Crippen LogP contribution in [0.15, 0.2) is 12.2 Å². The van der Waals surface area contributed by atoms with Crippen molar-refractivity contribution in [2.45, 2.75) is 72.1 Å². The Hall–Kier alpha value is -0.790. The van der Waals surface area contributed by atoms with Crippen LogP contribution in [0.4, 0.5) is 0 Å². The fourth-order valence-corrected chi connectivity index (χ4v) is 2.74. The monoisotopic (exact) mass is 293 g/mol. The fourth-order valence-electron chi connectivity index (χ4n) is 2.74. The van der Waals surface area contributed by atoms with E-state index >= 15 is 0 Å². The van der Waals surface area contributed by atoms with E-state index in [9.17, 15) is 4.79 Å². The molecule has 0 bridgehead atoms. The normalized spacial score (nSPS) is 17.9. The Morgan fingerprint density at radius 1 is 1.14 bits per heavy atom. The van der Waals surface area contributed by atoms with Gasteiger partial charge in [0.15, 0.2) is 0 Å². The molecule has 0 aromatic heterocycles. The molecule has 2 unspecified atom stereocenters. The lowest BCUT2D eigenvalue weighted by Gasteiger charge is -2.25. The van der Waals surface area contributed by atoms with E-state index in [2.05, 4.69) is 32.9 Å². The first-order valence-corrected chi connectivity index (χ1v) is 8.96. The van der Waals surface area contributed by atoms with Gasteiger partial charge in [0, 0.05) is 19.5 Å². The summed E-state index contributed by atoms with van der Waals surface area (Å²) < 4.78 is 0. The average molecular weight is 293 g/mol. The van der Waals surface area contributed by atoms with E-state index in [1.165, 1.54) is 38.5 Å². The van der Waals surface area contributed by atoms with Gasteiger partial charge in [0.25, 0.3) is 0 Å². The third-order valence-corrected chi connectivity index (χ3v) is 4.77. The minimum atomic E-state index is 0.351. The molecule has 0 heterocycles. The number of hydrogen-bond donors (Lipinski definition) is 0. The summed E-state index contributed by atoms with van der Waals surface area (Å²) in [7, 11) is 1.97. The molecule has 0 aromatic rings. The highest BCUT2D eigenvalue weighted by atomic mass is 16.2. The number of unbranched alkanes of at least 4 members (excludes halogenated alkanes) is 3. The van der Waals surface area contributed by atoms with E-state index in [0.29, 0.717) is 23.7 Å². The van der Waals surface area contributed by atoms with Crippen molar-refractivity contribution in [3.05, 3.63) is 12.2 Å². The van der Waals surface area contributed by atoms with Crippen LogP contribution in [0.3, 0.4) is 0 Å². The lowest BCUT2D eigenvalue weighted by atomic mass is 9.91. The summed E-state index contributed by atoms with van der Waals surface area (Å²) in [5.41, 5.74) is 0. The van der Waals surface area contributed by atoms with Crippen molar-refractivity contribution >= 4 is 5.91 Å². The van der Waals surface area contributed by atoms with Gasteiger partial charge in [-0.1, -0.05) is 45.8 Å². The first kappa shape index (κ1) is 18.3. The molecule has 1 aliphatic rings. The van der Waals surface area contributed by atoms with E-state index in [4.69, 9.17) is 0 Å². The van der Waals surface area contributed by atoms with Gasteiger partial charge in [0.05, 0.1) is 0 Å². The van der Waals surface area contributed by atoms with E-state index in [1.807, 2.05) is 11.9 Å². The van der Waals surface area contributed by atoms with Crippen molar-refractivity contribution in [2.24, 2.45) is 17.8 Å². The molecule has 0 spiro atoms. The second kappa shape index (κ2) is 10.0. The highest BCUT2D eigenvalue weighted by Gasteiger charge is 2.32. The summed E-state index contributed by atoms with van der Waals surface area (Å²) in [5.74, 6) is 1.99. The number of rotatable bonds is 11. The molecule has 0 aromatic carbocycles. The molecule has 1 aliphatic carbocycles. The Morgan fingerprint density at radius 3 is 2.43 bits per heavy atom. The van der Waals surface area contributed by atoms with Crippen molar-refractivity contribution in [1.29, 1.82) is 0 Å². The summed E-state index contributed by atoms with van der Waals surface area (Å²) in [6.45, 7) is 7.77. The molecule has 0 N–H and O–H groups in total. The maximum Gasteiger partial charge on any atom is 0.225 e. The van der Waals surface area contributed by atoms with Gasteiger partial charge >= 0.3 is 0 Å². The van der Waals surface area contributed by atoms with Gasteiger partial charge in [0.1, 0.15) is 0 Å². The molecule has 1 fully saturated rings.